The van der Waals surface area contributed by atoms with Crippen molar-refractivity contribution >= 4 is 0 Å². The average molecular weight is 93.1 g/mol. The normalized spacial score (nSPS) is 45.7. The Morgan fingerprint density at radius 1 is 1.00 bits per heavy atom. The molecule has 2 aliphatic rings. The van der Waals surface area contributed by atoms with Crippen LogP contribution in [0.1, 0.15) is 12.8 Å². The Hall–Kier alpha value is -0.260. The fourth-order valence-corrected chi connectivity index (χ4v) is 1.27. The van der Waals surface area contributed by atoms with E-state index < -0.39 is 0 Å². The zero-order valence-corrected chi connectivity index (χ0v) is 4.30. The molecule has 0 aliphatic heterocycles. The van der Waals surface area contributed by atoms with Gasteiger partial charge in [-0.3, -0.25) is 0 Å². The molecule has 0 heteroatoms. The van der Waals surface area contributed by atoms with Crippen molar-refractivity contribution in [1.82, 2.24) is 0 Å². The van der Waals surface area contributed by atoms with Crippen LogP contribution in [0.4, 0.5) is 0 Å². The molecule has 0 aromatic carbocycles. The van der Waals surface area contributed by atoms with Crippen LogP contribution in [0.3, 0.4) is 0 Å². The van der Waals surface area contributed by atoms with Gasteiger partial charge in [0, 0.05) is 0 Å². The Morgan fingerprint density at radius 2 is 1.57 bits per heavy atom. The van der Waals surface area contributed by atoms with E-state index in [1.165, 1.54) is 12.8 Å². The Balaban J connectivity index is 2.10. The predicted molar refractivity (Wildman–Crippen MR) is 29.7 cm³/mol. The molecule has 0 spiro atoms. The standard InChI is InChI=1S/C7H9/c1-2-4-7-5-6(7)3-1/h1-2,5-7H,3-4H2. The molecular formula is C7H9. The van der Waals surface area contributed by atoms with Gasteiger partial charge in [0.1, 0.15) is 0 Å². The van der Waals surface area contributed by atoms with Gasteiger partial charge in [0.05, 0.1) is 0 Å². The first-order valence-corrected chi connectivity index (χ1v) is 2.97. The van der Waals surface area contributed by atoms with Crippen molar-refractivity contribution in [1.29, 1.82) is 0 Å². The van der Waals surface area contributed by atoms with E-state index >= 15 is 0 Å². The molecule has 2 unspecified atom stereocenters. The van der Waals surface area contributed by atoms with Crippen LogP contribution in [0, 0.1) is 18.3 Å². The minimum atomic E-state index is 0.991. The van der Waals surface area contributed by atoms with Crippen LogP contribution in [-0.4, -0.2) is 0 Å². The zero-order chi connectivity index (χ0) is 4.69. The monoisotopic (exact) mass is 93.1 g/mol. The molecule has 1 saturated carbocycles. The number of hydrogen-bond donors (Lipinski definition) is 0. The molecule has 37 valence electrons. The fraction of sp³-hybridized carbons (Fsp3) is 0.571. The van der Waals surface area contributed by atoms with Crippen LogP contribution >= 0.6 is 0 Å². The summed E-state index contributed by atoms with van der Waals surface area (Å²) in [7, 11) is 0. The highest BCUT2D eigenvalue weighted by Crippen LogP contribution is 2.45. The van der Waals surface area contributed by atoms with Crippen molar-refractivity contribution in [3.05, 3.63) is 18.6 Å². The van der Waals surface area contributed by atoms with E-state index in [0.717, 1.165) is 11.8 Å². The highest BCUT2D eigenvalue weighted by molar-refractivity contribution is 5.14. The first-order chi connectivity index (χ1) is 3.47. The Morgan fingerprint density at radius 3 is 2.00 bits per heavy atom. The molecule has 2 rings (SSSR count). The fourth-order valence-electron chi connectivity index (χ4n) is 1.27. The van der Waals surface area contributed by atoms with Crippen LogP contribution in [-0.2, 0) is 0 Å². The van der Waals surface area contributed by atoms with E-state index in [2.05, 4.69) is 18.6 Å². The second-order valence-corrected chi connectivity index (χ2v) is 2.46. The van der Waals surface area contributed by atoms with Crippen LogP contribution < -0.4 is 0 Å². The van der Waals surface area contributed by atoms with Gasteiger partial charge >= 0.3 is 0 Å². The van der Waals surface area contributed by atoms with Gasteiger partial charge in [0.25, 0.3) is 0 Å². The predicted octanol–water partition coefficient (Wildman–Crippen LogP) is 1.79. The first-order valence-electron chi connectivity index (χ1n) is 2.97. The molecule has 1 radical (unpaired) electrons. The highest BCUT2D eigenvalue weighted by Gasteiger charge is 2.36. The van der Waals surface area contributed by atoms with E-state index in [9.17, 15) is 0 Å². The number of allylic oxidation sites excluding steroid dienone is 2. The van der Waals surface area contributed by atoms with Gasteiger partial charge in [0.2, 0.25) is 0 Å². The SMILES string of the molecule is [CH]1C2CC=CCC12. The maximum Gasteiger partial charge on any atom is -0.0311 e. The van der Waals surface area contributed by atoms with Gasteiger partial charge in [-0.2, -0.15) is 0 Å². The molecule has 0 aromatic rings. The lowest BCUT2D eigenvalue weighted by molar-refractivity contribution is 0.689. The van der Waals surface area contributed by atoms with E-state index in [-0.39, 0.29) is 0 Å². The van der Waals surface area contributed by atoms with Crippen molar-refractivity contribution in [2.75, 3.05) is 0 Å². The van der Waals surface area contributed by atoms with Crippen molar-refractivity contribution < 1.29 is 0 Å². The minimum Gasteiger partial charge on any atom is -0.0882 e. The molecular weight excluding hydrogens is 84.1 g/mol. The van der Waals surface area contributed by atoms with Crippen LogP contribution in [0.5, 0.6) is 0 Å². The lowest BCUT2D eigenvalue weighted by Gasteiger charge is -1.96. The first kappa shape index (κ1) is 3.71. The van der Waals surface area contributed by atoms with Crippen molar-refractivity contribution in [3.8, 4) is 0 Å². The van der Waals surface area contributed by atoms with E-state index in [4.69, 9.17) is 0 Å². The largest absolute Gasteiger partial charge is 0.0882 e. The second kappa shape index (κ2) is 1.12. The third-order valence-corrected chi connectivity index (χ3v) is 1.89. The summed E-state index contributed by atoms with van der Waals surface area (Å²) in [4.78, 5) is 0. The molecule has 0 N–H and O–H groups in total. The third-order valence-electron chi connectivity index (χ3n) is 1.89. The quantitative estimate of drug-likeness (QED) is 0.400. The van der Waals surface area contributed by atoms with Gasteiger partial charge in [-0.1, -0.05) is 12.2 Å². The van der Waals surface area contributed by atoms with Crippen molar-refractivity contribution in [2.45, 2.75) is 12.8 Å². The highest BCUT2D eigenvalue weighted by atomic mass is 14.4. The van der Waals surface area contributed by atoms with Crippen LogP contribution in [0.25, 0.3) is 0 Å². The molecule has 0 amide bonds. The summed E-state index contributed by atoms with van der Waals surface area (Å²) in [6.45, 7) is 0. The topological polar surface area (TPSA) is 0 Å². The maximum atomic E-state index is 2.44. The molecule has 1 fully saturated rings. The number of rotatable bonds is 0. The summed E-state index contributed by atoms with van der Waals surface area (Å²) in [5, 5.41) is 0. The minimum absolute atomic E-state index is 0.991. The third kappa shape index (κ3) is 0.495. The molecule has 0 aromatic heterocycles. The molecule has 7 heavy (non-hydrogen) atoms. The summed E-state index contributed by atoms with van der Waals surface area (Å²) in [6.07, 6.45) is 9.69. The Kier molecular flexibility index (Phi) is 0.592. The lowest BCUT2D eigenvalue weighted by atomic mass is 10.1. The van der Waals surface area contributed by atoms with Crippen molar-refractivity contribution in [3.63, 3.8) is 0 Å². The molecule has 0 saturated heterocycles. The summed E-state index contributed by atoms with van der Waals surface area (Å²) in [6, 6.07) is 0. The van der Waals surface area contributed by atoms with Gasteiger partial charge in [-0.15, -0.1) is 0 Å². The van der Waals surface area contributed by atoms with E-state index in [0.29, 0.717) is 0 Å². The average Bonchev–Trinajstić information content (AvgIpc) is 2.41. The van der Waals surface area contributed by atoms with Gasteiger partial charge in [0.15, 0.2) is 0 Å². The van der Waals surface area contributed by atoms with Crippen molar-refractivity contribution in [2.24, 2.45) is 11.8 Å². The van der Waals surface area contributed by atoms with Gasteiger partial charge in [-0.05, 0) is 31.1 Å². The van der Waals surface area contributed by atoms with Gasteiger partial charge < -0.3 is 0 Å². The number of hydrogen-bond acceptors (Lipinski definition) is 0. The zero-order valence-electron chi connectivity index (χ0n) is 4.30. The smallest absolute Gasteiger partial charge is 0.0311 e. The summed E-state index contributed by atoms with van der Waals surface area (Å²) in [5.41, 5.74) is 0. The maximum absolute atomic E-state index is 2.44. The molecule has 2 aliphatic carbocycles. The van der Waals surface area contributed by atoms with E-state index in [1.807, 2.05) is 0 Å². The second-order valence-electron chi connectivity index (χ2n) is 2.46. The molecule has 0 heterocycles. The van der Waals surface area contributed by atoms with E-state index in [1.54, 1.807) is 0 Å². The summed E-state index contributed by atoms with van der Waals surface area (Å²) >= 11 is 0. The molecule has 2 atom stereocenters. The summed E-state index contributed by atoms with van der Waals surface area (Å²) in [5.74, 6) is 1.98. The van der Waals surface area contributed by atoms with Crippen LogP contribution in [0.2, 0.25) is 0 Å². The number of fused-ring (bicyclic) bond motifs is 1. The molecule has 0 bridgehead atoms. The Labute approximate surface area is 44.2 Å². The lowest BCUT2D eigenvalue weighted by Crippen LogP contribution is -1.83. The Bertz CT molecular complexity index is 90.6. The molecule has 0 nitrogen and oxygen atoms in total. The summed E-state index contributed by atoms with van der Waals surface area (Å²) < 4.78 is 0. The van der Waals surface area contributed by atoms with Crippen LogP contribution in [0.15, 0.2) is 12.2 Å². The van der Waals surface area contributed by atoms with Gasteiger partial charge in [-0.25, -0.2) is 0 Å².